The van der Waals surface area contributed by atoms with Gasteiger partial charge >= 0.3 is 0 Å². The van der Waals surface area contributed by atoms with Gasteiger partial charge in [-0.05, 0) is 11.4 Å². The van der Waals surface area contributed by atoms with Gasteiger partial charge in [0.25, 0.3) is 5.56 Å². The van der Waals surface area contributed by atoms with Crippen LogP contribution in [0.4, 0.5) is 5.95 Å². The van der Waals surface area contributed by atoms with Crippen LogP contribution in [0, 0.1) is 0 Å². The largest absolute Gasteiger partial charge is 0.340 e. The number of hydrogen-bond donors (Lipinski definition) is 1. The van der Waals surface area contributed by atoms with Crippen LogP contribution in [0.2, 0.25) is 0 Å². The van der Waals surface area contributed by atoms with Crippen LogP contribution in [0.15, 0.2) is 28.9 Å². The van der Waals surface area contributed by atoms with Gasteiger partial charge in [0.2, 0.25) is 5.95 Å². The van der Waals surface area contributed by atoms with Gasteiger partial charge in [-0.25, -0.2) is 4.98 Å². The molecule has 3 heterocycles. The van der Waals surface area contributed by atoms with Crippen molar-refractivity contribution in [2.24, 2.45) is 0 Å². The molecule has 0 bridgehead atoms. The number of aromatic nitrogens is 2. The molecule has 2 aromatic heterocycles. The maximum Gasteiger partial charge on any atom is 0.263 e. The number of thiophene rings is 1. The van der Waals surface area contributed by atoms with Gasteiger partial charge in [-0.1, -0.05) is 6.08 Å². The van der Waals surface area contributed by atoms with Crippen molar-refractivity contribution in [3.05, 3.63) is 34.5 Å². The monoisotopic (exact) mass is 276 g/mol. The smallest absolute Gasteiger partial charge is 0.263 e. The van der Waals surface area contributed by atoms with Gasteiger partial charge in [-0.2, -0.15) is 0 Å². The first-order valence-electron chi connectivity index (χ1n) is 6.36. The normalized spacial score (nSPS) is 15.9. The molecule has 1 aliphatic rings. The molecule has 0 saturated carbocycles. The Hall–Kier alpha value is -1.66. The van der Waals surface area contributed by atoms with E-state index in [2.05, 4.69) is 21.8 Å². The molecule has 5 nitrogen and oxygen atoms in total. The fraction of sp³-hybridized carbons (Fsp3) is 0.385. The summed E-state index contributed by atoms with van der Waals surface area (Å²) in [6.07, 6.45) is 1.74. The molecule has 0 atom stereocenters. The molecular weight excluding hydrogens is 260 g/mol. The molecule has 0 aromatic carbocycles. The van der Waals surface area contributed by atoms with Gasteiger partial charge in [0.05, 0.1) is 5.39 Å². The predicted molar refractivity (Wildman–Crippen MR) is 79.2 cm³/mol. The number of nitrogens with zero attached hydrogens (tertiary/aromatic N) is 3. The number of rotatable bonds is 3. The van der Waals surface area contributed by atoms with E-state index in [9.17, 15) is 4.79 Å². The Labute approximate surface area is 115 Å². The van der Waals surface area contributed by atoms with Crippen molar-refractivity contribution in [1.29, 1.82) is 0 Å². The van der Waals surface area contributed by atoms with Crippen LogP contribution in [0.25, 0.3) is 10.2 Å². The Balaban J connectivity index is 2.16. The minimum atomic E-state index is 0.0275. The molecule has 1 aliphatic heterocycles. The van der Waals surface area contributed by atoms with E-state index in [-0.39, 0.29) is 5.56 Å². The Bertz CT molecular complexity index is 654. The molecule has 2 aromatic rings. The maximum absolute atomic E-state index is 12.5. The van der Waals surface area contributed by atoms with E-state index in [4.69, 9.17) is 0 Å². The molecule has 6 heteroatoms. The second-order valence-electron chi connectivity index (χ2n) is 4.49. The number of nitrogens with one attached hydrogen (secondary N) is 1. The van der Waals surface area contributed by atoms with Crippen LogP contribution in [0.1, 0.15) is 0 Å². The third-order valence-electron chi connectivity index (χ3n) is 3.27. The van der Waals surface area contributed by atoms with E-state index in [0.29, 0.717) is 11.9 Å². The molecule has 0 radical (unpaired) electrons. The fourth-order valence-corrected chi connectivity index (χ4v) is 3.09. The summed E-state index contributed by atoms with van der Waals surface area (Å²) in [5, 5.41) is 5.92. The zero-order valence-corrected chi connectivity index (χ0v) is 11.4. The van der Waals surface area contributed by atoms with E-state index in [1.807, 2.05) is 11.4 Å². The highest BCUT2D eigenvalue weighted by molar-refractivity contribution is 7.16. The average Bonchev–Trinajstić information content (AvgIpc) is 2.91. The predicted octanol–water partition coefficient (Wildman–Crippen LogP) is 1.05. The van der Waals surface area contributed by atoms with Crippen molar-refractivity contribution in [3.63, 3.8) is 0 Å². The summed E-state index contributed by atoms with van der Waals surface area (Å²) in [7, 11) is 0. The Kier molecular flexibility index (Phi) is 3.35. The van der Waals surface area contributed by atoms with Crippen molar-refractivity contribution >= 4 is 27.5 Å². The molecular formula is C13H16N4OS. The molecule has 100 valence electrons. The SMILES string of the molecule is C=CCn1c(N2CCNCC2)nc2sccc2c1=O. The van der Waals surface area contributed by atoms with Crippen LogP contribution >= 0.6 is 11.3 Å². The molecule has 19 heavy (non-hydrogen) atoms. The first-order chi connectivity index (χ1) is 9.31. The molecule has 0 spiro atoms. The number of anilines is 1. The van der Waals surface area contributed by atoms with E-state index >= 15 is 0 Å². The summed E-state index contributed by atoms with van der Waals surface area (Å²) in [6, 6.07) is 1.84. The summed E-state index contributed by atoms with van der Waals surface area (Å²) < 4.78 is 1.72. The second-order valence-corrected chi connectivity index (χ2v) is 5.39. The maximum atomic E-state index is 12.5. The Morgan fingerprint density at radius 2 is 2.26 bits per heavy atom. The van der Waals surface area contributed by atoms with Crippen molar-refractivity contribution in [2.75, 3.05) is 31.1 Å². The van der Waals surface area contributed by atoms with Gasteiger partial charge in [0, 0.05) is 32.7 Å². The van der Waals surface area contributed by atoms with Crippen LogP contribution in [0.3, 0.4) is 0 Å². The van der Waals surface area contributed by atoms with Crippen LogP contribution in [-0.2, 0) is 6.54 Å². The molecule has 1 saturated heterocycles. The second kappa shape index (κ2) is 5.14. The lowest BCUT2D eigenvalue weighted by Crippen LogP contribution is -2.46. The first kappa shape index (κ1) is 12.4. The zero-order valence-electron chi connectivity index (χ0n) is 10.6. The highest BCUT2D eigenvalue weighted by atomic mass is 32.1. The summed E-state index contributed by atoms with van der Waals surface area (Å²) in [5.74, 6) is 0.765. The van der Waals surface area contributed by atoms with Crippen molar-refractivity contribution < 1.29 is 0 Å². The van der Waals surface area contributed by atoms with Crippen molar-refractivity contribution in [3.8, 4) is 0 Å². The lowest BCUT2D eigenvalue weighted by molar-refractivity contribution is 0.565. The fourth-order valence-electron chi connectivity index (χ4n) is 2.34. The topological polar surface area (TPSA) is 50.2 Å². The lowest BCUT2D eigenvalue weighted by Gasteiger charge is -2.29. The first-order valence-corrected chi connectivity index (χ1v) is 7.24. The van der Waals surface area contributed by atoms with Gasteiger partial charge in [-0.15, -0.1) is 17.9 Å². The number of fused-ring (bicyclic) bond motifs is 1. The van der Waals surface area contributed by atoms with Crippen LogP contribution in [-0.4, -0.2) is 35.7 Å². The summed E-state index contributed by atoms with van der Waals surface area (Å²) in [4.78, 5) is 20.1. The molecule has 1 fully saturated rings. The Morgan fingerprint density at radius 1 is 1.47 bits per heavy atom. The minimum absolute atomic E-state index is 0.0275. The Morgan fingerprint density at radius 3 is 3.00 bits per heavy atom. The van der Waals surface area contributed by atoms with E-state index in [0.717, 1.165) is 37.0 Å². The van der Waals surface area contributed by atoms with Gasteiger partial charge in [-0.3, -0.25) is 9.36 Å². The van der Waals surface area contributed by atoms with Gasteiger partial charge in [0.1, 0.15) is 4.83 Å². The van der Waals surface area contributed by atoms with E-state index in [1.54, 1.807) is 10.6 Å². The molecule has 3 rings (SSSR count). The zero-order chi connectivity index (χ0) is 13.2. The van der Waals surface area contributed by atoms with E-state index < -0.39 is 0 Å². The standard InChI is InChI=1S/C13H16N4OS/c1-2-6-17-12(18)10-3-9-19-11(10)15-13(17)16-7-4-14-5-8-16/h2-3,9,14H,1,4-8H2. The highest BCUT2D eigenvalue weighted by Gasteiger charge is 2.18. The quantitative estimate of drug-likeness (QED) is 0.852. The van der Waals surface area contributed by atoms with Crippen molar-refractivity contribution in [2.45, 2.75) is 6.54 Å². The van der Waals surface area contributed by atoms with E-state index in [1.165, 1.54) is 11.3 Å². The molecule has 1 N–H and O–H groups in total. The summed E-state index contributed by atoms with van der Waals surface area (Å²) in [6.45, 7) is 7.83. The van der Waals surface area contributed by atoms with Gasteiger partial charge < -0.3 is 10.2 Å². The highest BCUT2D eigenvalue weighted by Crippen LogP contribution is 2.19. The average molecular weight is 276 g/mol. The molecule has 0 aliphatic carbocycles. The van der Waals surface area contributed by atoms with Gasteiger partial charge in [0.15, 0.2) is 0 Å². The third-order valence-corrected chi connectivity index (χ3v) is 4.08. The number of allylic oxidation sites excluding steroid dienone is 1. The molecule has 0 amide bonds. The van der Waals surface area contributed by atoms with Crippen LogP contribution < -0.4 is 15.8 Å². The number of hydrogen-bond acceptors (Lipinski definition) is 5. The summed E-state index contributed by atoms with van der Waals surface area (Å²) in [5.41, 5.74) is 0.0275. The lowest BCUT2D eigenvalue weighted by atomic mass is 10.3. The van der Waals surface area contributed by atoms with Crippen molar-refractivity contribution in [1.82, 2.24) is 14.9 Å². The summed E-state index contributed by atoms with van der Waals surface area (Å²) >= 11 is 1.51. The van der Waals surface area contributed by atoms with Crippen LogP contribution in [0.5, 0.6) is 0 Å². The molecule has 0 unspecified atom stereocenters. The minimum Gasteiger partial charge on any atom is -0.340 e. The number of piperazine rings is 1. The third kappa shape index (κ3) is 2.17.